The molecule has 0 amide bonds. The summed E-state index contributed by atoms with van der Waals surface area (Å²) in [5.41, 5.74) is 3.62. The van der Waals surface area contributed by atoms with Gasteiger partial charge >= 0.3 is 0 Å². The average Bonchev–Trinajstić information content (AvgIpc) is 2.30. The maximum atomic E-state index is 8.92. The molecule has 2 rings (SSSR count). The molecule has 1 aromatic heterocycles. The van der Waals surface area contributed by atoms with Gasteiger partial charge in [-0.2, -0.15) is 5.26 Å². The van der Waals surface area contributed by atoms with E-state index in [4.69, 9.17) is 5.26 Å². The average molecular weight is 194 g/mol. The van der Waals surface area contributed by atoms with Crippen LogP contribution >= 0.6 is 0 Å². The molecule has 1 aromatic carbocycles. The van der Waals surface area contributed by atoms with Crippen LogP contribution in [0.3, 0.4) is 0 Å². The lowest BCUT2D eigenvalue weighted by Gasteiger charge is -2.05. The smallest absolute Gasteiger partial charge is 0.0994 e. The number of rotatable bonds is 1. The van der Waals surface area contributed by atoms with E-state index in [1.54, 1.807) is 6.20 Å². The Hall–Kier alpha value is -2.14. The Balaban J connectivity index is 2.61. The van der Waals surface area contributed by atoms with E-state index in [0.717, 1.165) is 16.8 Å². The number of nitrogens with zero attached hydrogens (tertiary/aromatic N) is 2. The molecule has 0 aliphatic heterocycles. The number of aromatic nitrogens is 1. The first-order valence-electron chi connectivity index (χ1n) is 4.74. The zero-order chi connectivity index (χ0) is 10.7. The van der Waals surface area contributed by atoms with E-state index in [0.29, 0.717) is 5.56 Å². The van der Waals surface area contributed by atoms with E-state index in [9.17, 15) is 0 Å². The molecule has 0 saturated carbocycles. The highest BCUT2D eigenvalue weighted by molar-refractivity contribution is 5.66. The second kappa shape index (κ2) is 3.93. The highest BCUT2D eigenvalue weighted by Crippen LogP contribution is 2.22. The molecule has 2 nitrogen and oxygen atoms in total. The van der Waals surface area contributed by atoms with E-state index < -0.39 is 0 Å². The highest BCUT2D eigenvalue weighted by Gasteiger charge is 2.05. The normalized spacial score (nSPS) is 9.60. The second-order valence-electron chi connectivity index (χ2n) is 3.30. The molecule has 0 atom stereocenters. The lowest BCUT2D eigenvalue weighted by molar-refractivity contribution is 1.30. The van der Waals surface area contributed by atoms with Crippen LogP contribution in [0.4, 0.5) is 0 Å². The molecule has 0 bridgehead atoms. The first-order valence-corrected chi connectivity index (χ1v) is 4.74. The number of benzene rings is 1. The minimum absolute atomic E-state index is 0.707. The third-order valence-electron chi connectivity index (χ3n) is 2.40. The summed E-state index contributed by atoms with van der Waals surface area (Å²) in [6, 6.07) is 13.6. The van der Waals surface area contributed by atoms with E-state index in [2.05, 4.69) is 11.1 Å². The zero-order valence-corrected chi connectivity index (χ0v) is 8.44. The molecule has 1 heterocycles. The summed E-state index contributed by atoms with van der Waals surface area (Å²) in [5.74, 6) is 0. The number of nitriles is 1. The molecule has 15 heavy (non-hydrogen) atoms. The van der Waals surface area contributed by atoms with Gasteiger partial charge in [0.2, 0.25) is 0 Å². The summed E-state index contributed by atoms with van der Waals surface area (Å²) in [5, 5.41) is 8.92. The molecule has 2 heteroatoms. The van der Waals surface area contributed by atoms with Gasteiger partial charge in [-0.05, 0) is 30.7 Å². The van der Waals surface area contributed by atoms with Crippen LogP contribution < -0.4 is 0 Å². The predicted molar refractivity (Wildman–Crippen MR) is 59.1 cm³/mol. The lowest BCUT2D eigenvalue weighted by Crippen LogP contribution is -1.89. The lowest BCUT2D eigenvalue weighted by atomic mass is 10.0. The minimum atomic E-state index is 0.707. The van der Waals surface area contributed by atoms with Crippen LogP contribution in [0.2, 0.25) is 0 Å². The van der Waals surface area contributed by atoms with Crippen molar-refractivity contribution in [3.05, 3.63) is 53.7 Å². The molecular formula is C13H10N2. The first kappa shape index (κ1) is 9.42. The van der Waals surface area contributed by atoms with Gasteiger partial charge in [0.25, 0.3) is 0 Å². The number of pyridine rings is 1. The van der Waals surface area contributed by atoms with Crippen LogP contribution in [0.1, 0.15) is 11.1 Å². The minimum Gasteiger partial charge on any atom is -0.256 e. The number of hydrogen-bond donors (Lipinski definition) is 0. The molecule has 0 radical (unpaired) electrons. The van der Waals surface area contributed by atoms with Gasteiger partial charge in [0.15, 0.2) is 0 Å². The van der Waals surface area contributed by atoms with Crippen molar-refractivity contribution >= 4 is 0 Å². The predicted octanol–water partition coefficient (Wildman–Crippen LogP) is 2.93. The molecule has 0 unspecified atom stereocenters. The Bertz CT molecular complexity index is 510. The van der Waals surface area contributed by atoms with Crippen LogP contribution in [0.25, 0.3) is 11.3 Å². The third-order valence-corrected chi connectivity index (χ3v) is 2.40. The van der Waals surface area contributed by atoms with Crippen molar-refractivity contribution in [2.45, 2.75) is 6.92 Å². The standard InChI is InChI=1S/C13H10N2/c1-10-11(9-14)5-4-6-12(10)13-7-2-3-8-15-13/h2-8H,1H3. The Labute approximate surface area is 88.8 Å². The van der Waals surface area contributed by atoms with Crippen LogP contribution in [0.15, 0.2) is 42.6 Å². The molecule has 0 saturated heterocycles. The van der Waals surface area contributed by atoms with Crippen molar-refractivity contribution in [1.82, 2.24) is 4.98 Å². The van der Waals surface area contributed by atoms with Crippen LogP contribution in [0.5, 0.6) is 0 Å². The van der Waals surface area contributed by atoms with Crippen LogP contribution in [-0.2, 0) is 0 Å². The molecule has 0 aliphatic carbocycles. The SMILES string of the molecule is Cc1c(C#N)cccc1-c1ccccn1. The van der Waals surface area contributed by atoms with Gasteiger partial charge in [-0.15, -0.1) is 0 Å². The summed E-state index contributed by atoms with van der Waals surface area (Å²) in [7, 11) is 0. The summed E-state index contributed by atoms with van der Waals surface area (Å²) >= 11 is 0. The van der Waals surface area contributed by atoms with Gasteiger partial charge in [0.05, 0.1) is 17.3 Å². The summed E-state index contributed by atoms with van der Waals surface area (Å²) in [4.78, 5) is 4.28. The van der Waals surface area contributed by atoms with E-state index in [1.807, 2.05) is 43.3 Å². The largest absolute Gasteiger partial charge is 0.256 e. The monoisotopic (exact) mass is 194 g/mol. The highest BCUT2D eigenvalue weighted by atomic mass is 14.7. The fourth-order valence-corrected chi connectivity index (χ4v) is 1.56. The third kappa shape index (κ3) is 1.72. The van der Waals surface area contributed by atoms with E-state index >= 15 is 0 Å². The van der Waals surface area contributed by atoms with Crippen molar-refractivity contribution in [3.63, 3.8) is 0 Å². The van der Waals surface area contributed by atoms with Crippen LogP contribution in [-0.4, -0.2) is 4.98 Å². The first-order chi connectivity index (χ1) is 7.33. The Morgan fingerprint density at radius 2 is 2.00 bits per heavy atom. The van der Waals surface area contributed by atoms with Gasteiger partial charge in [-0.1, -0.05) is 18.2 Å². The fraction of sp³-hybridized carbons (Fsp3) is 0.0769. The quantitative estimate of drug-likeness (QED) is 0.699. The Morgan fingerprint density at radius 3 is 2.67 bits per heavy atom. The summed E-state index contributed by atoms with van der Waals surface area (Å²) in [6.07, 6.45) is 1.76. The van der Waals surface area contributed by atoms with Gasteiger partial charge in [0.1, 0.15) is 0 Å². The Morgan fingerprint density at radius 1 is 1.13 bits per heavy atom. The summed E-state index contributed by atoms with van der Waals surface area (Å²) in [6.45, 7) is 1.95. The van der Waals surface area contributed by atoms with Crippen molar-refractivity contribution in [1.29, 1.82) is 5.26 Å². The second-order valence-corrected chi connectivity index (χ2v) is 3.30. The molecule has 72 valence electrons. The van der Waals surface area contributed by atoms with Crippen molar-refractivity contribution in [2.24, 2.45) is 0 Å². The fourth-order valence-electron chi connectivity index (χ4n) is 1.56. The summed E-state index contributed by atoms with van der Waals surface area (Å²) < 4.78 is 0. The van der Waals surface area contributed by atoms with Crippen molar-refractivity contribution in [2.75, 3.05) is 0 Å². The molecule has 0 aliphatic rings. The molecule has 0 spiro atoms. The van der Waals surface area contributed by atoms with E-state index in [-0.39, 0.29) is 0 Å². The Kier molecular flexibility index (Phi) is 2.47. The maximum absolute atomic E-state index is 8.92. The van der Waals surface area contributed by atoms with Crippen molar-refractivity contribution in [3.8, 4) is 17.3 Å². The van der Waals surface area contributed by atoms with Gasteiger partial charge in [0, 0.05) is 11.8 Å². The molecule has 0 fully saturated rings. The zero-order valence-electron chi connectivity index (χ0n) is 8.44. The number of hydrogen-bond acceptors (Lipinski definition) is 2. The van der Waals surface area contributed by atoms with Crippen molar-refractivity contribution < 1.29 is 0 Å². The van der Waals surface area contributed by atoms with E-state index in [1.165, 1.54) is 0 Å². The van der Waals surface area contributed by atoms with Gasteiger partial charge in [-0.25, -0.2) is 0 Å². The van der Waals surface area contributed by atoms with Crippen LogP contribution in [0, 0.1) is 18.3 Å². The topological polar surface area (TPSA) is 36.7 Å². The van der Waals surface area contributed by atoms with Gasteiger partial charge < -0.3 is 0 Å². The maximum Gasteiger partial charge on any atom is 0.0994 e. The van der Waals surface area contributed by atoms with Gasteiger partial charge in [-0.3, -0.25) is 4.98 Å². The molecule has 0 N–H and O–H groups in total. The molecular weight excluding hydrogens is 184 g/mol. The molecule has 2 aromatic rings.